The summed E-state index contributed by atoms with van der Waals surface area (Å²) in [5.41, 5.74) is 1.39. The van der Waals surface area contributed by atoms with E-state index in [4.69, 9.17) is 21.1 Å². The number of amides is 1. The lowest BCUT2D eigenvalue weighted by atomic mass is 10.2. The van der Waals surface area contributed by atoms with Gasteiger partial charge in [0.25, 0.3) is 5.91 Å². The third-order valence-corrected chi connectivity index (χ3v) is 3.23. The molecule has 24 heavy (non-hydrogen) atoms. The number of hydrogen-bond acceptors (Lipinski definition) is 4. The molecule has 0 aliphatic rings. The topological polar surface area (TPSA) is 64.6 Å². The number of hydrogen-bond donors (Lipinski definition) is 1. The fraction of sp³-hybridized carbons (Fsp3) is 0.176. The third kappa shape index (κ3) is 5.55. The summed E-state index contributed by atoms with van der Waals surface area (Å²) in [7, 11) is 0. The third-order valence-electron chi connectivity index (χ3n) is 2.92. The highest BCUT2D eigenvalue weighted by atomic mass is 35.5. The van der Waals surface area contributed by atoms with Gasteiger partial charge in [-0.2, -0.15) is 0 Å². The maximum absolute atomic E-state index is 13.0. The van der Waals surface area contributed by atoms with Gasteiger partial charge in [-0.3, -0.25) is 4.79 Å². The van der Waals surface area contributed by atoms with Gasteiger partial charge in [-0.25, -0.2) is 9.18 Å². The van der Waals surface area contributed by atoms with Gasteiger partial charge in [0.05, 0.1) is 10.7 Å². The molecule has 0 saturated carbocycles. The molecule has 0 aliphatic heterocycles. The van der Waals surface area contributed by atoms with E-state index in [0.717, 1.165) is 11.6 Å². The van der Waals surface area contributed by atoms with Crippen LogP contribution >= 0.6 is 11.6 Å². The summed E-state index contributed by atoms with van der Waals surface area (Å²) in [6, 6.07) is 10.5. The Morgan fingerprint density at radius 2 is 1.96 bits per heavy atom. The summed E-state index contributed by atoms with van der Waals surface area (Å²) in [5, 5.41) is 2.93. The normalized spacial score (nSPS) is 10.1. The Labute approximate surface area is 143 Å². The first-order valence-electron chi connectivity index (χ1n) is 7.04. The first kappa shape index (κ1) is 17.7. The van der Waals surface area contributed by atoms with E-state index in [9.17, 15) is 14.0 Å². The number of esters is 1. The highest BCUT2D eigenvalue weighted by Crippen LogP contribution is 2.22. The van der Waals surface area contributed by atoms with Gasteiger partial charge < -0.3 is 14.8 Å². The van der Waals surface area contributed by atoms with Gasteiger partial charge >= 0.3 is 5.97 Å². The smallest absolute Gasteiger partial charge is 0.344 e. The SMILES string of the molecule is Cc1ccc(NC(=O)COC(=O)COc2cccc(F)c2)c(Cl)c1. The van der Waals surface area contributed by atoms with Crippen LogP contribution in [0.25, 0.3) is 0 Å². The molecule has 2 aromatic carbocycles. The van der Waals surface area contributed by atoms with Crippen molar-refractivity contribution in [2.24, 2.45) is 0 Å². The second-order valence-corrected chi connectivity index (χ2v) is 5.35. The Kier molecular flexibility index (Phi) is 6.14. The quantitative estimate of drug-likeness (QED) is 0.811. The van der Waals surface area contributed by atoms with E-state index in [1.54, 1.807) is 18.2 Å². The molecular formula is C17H15ClFNO4. The standard InChI is InChI=1S/C17H15ClFNO4/c1-11-5-6-15(14(18)7-11)20-16(21)9-24-17(22)10-23-13-4-2-3-12(19)8-13/h2-8H,9-10H2,1H3,(H,20,21). The Morgan fingerprint density at radius 3 is 2.67 bits per heavy atom. The molecular weight excluding hydrogens is 337 g/mol. The number of aryl methyl sites for hydroxylation is 1. The van der Waals surface area contributed by atoms with Crippen LogP contribution in [0.2, 0.25) is 5.02 Å². The summed E-state index contributed by atoms with van der Waals surface area (Å²) >= 11 is 5.99. The predicted molar refractivity (Wildman–Crippen MR) is 87.7 cm³/mol. The summed E-state index contributed by atoms with van der Waals surface area (Å²) < 4.78 is 22.8. The highest BCUT2D eigenvalue weighted by molar-refractivity contribution is 6.33. The molecule has 0 spiro atoms. The van der Waals surface area contributed by atoms with E-state index < -0.39 is 30.9 Å². The van der Waals surface area contributed by atoms with Gasteiger partial charge in [-0.05, 0) is 36.8 Å². The zero-order valence-corrected chi connectivity index (χ0v) is 13.6. The largest absolute Gasteiger partial charge is 0.482 e. The van der Waals surface area contributed by atoms with Crippen molar-refractivity contribution in [1.82, 2.24) is 0 Å². The van der Waals surface area contributed by atoms with Crippen LogP contribution in [0.4, 0.5) is 10.1 Å². The van der Waals surface area contributed by atoms with E-state index >= 15 is 0 Å². The van der Waals surface area contributed by atoms with Crippen molar-refractivity contribution in [3.8, 4) is 5.75 Å². The van der Waals surface area contributed by atoms with Gasteiger partial charge in [-0.15, -0.1) is 0 Å². The zero-order chi connectivity index (χ0) is 17.5. The second-order valence-electron chi connectivity index (χ2n) is 4.94. The molecule has 2 rings (SSSR count). The van der Waals surface area contributed by atoms with E-state index in [0.29, 0.717) is 10.7 Å². The van der Waals surface area contributed by atoms with E-state index in [1.807, 2.05) is 6.92 Å². The first-order chi connectivity index (χ1) is 11.4. The number of carbonyl (C=O) groups excluding carboxylic acids is 2. The van der Waals surface area contributed by atoms with Crippen LogP contribution in [0.15, 0.2) is 42.5 Å². The number of anilines is 1. The minimum atomic E-state index is -0.746. The lowest BCUT2D eigenvalue weighted by molar-refractivity contribution is -0.149. The van der Waals surface area contributed by atoms with Crippen molar-refractivity contribution in [1.29, 1.82) is 0 Å². The summed E-state index contributed by atoms with van der Waals surface area (Å²) in [6.07, 6.45) is 0. The van der Waals surface area contributed by atoms with Gasteiger partial charge in [-0.1, -0.05) is 23.7 Å². The molecule has 0 heterocycles. The van der Waals surface area contributed by atoms with Crippen LogP contribution < -0.4 is 10.1 Å². The molecule has 126 valence electrons. The molecule has 0 aromatic heterocycles. The van der Waals surface area contributed by atoms with Gasteiger partial charge in [0, 0.05) is 6.07 Å². The lowest BCUT2D eigenvalue weighted by Gasteiger charge is -2.09. The minimum Gasteiger partial charge on any atom is -0.482 e. The van der Waals surface area contributed by atoms with Gasteiger partial charge in [0.1, 0.15) is 11.6 Å². The fourth-order valence-corrected chi connectivity index (χ4v) is 2.08. The molecule has 0 aliphatic carbocycles. The van der Waals surface area contributed by atoms with E-state index in [2.05, 4.69) is 5.32 Å². The van der Waals surface area contributed by atoms with Crippen molar-refractivity contribution in [2.45, 2.75) is 6.92 Å². The highest BCUT2D eigenvalue weighted by Gasteiger charge is 2.10. The monoisotopic (exact) mass is 351 g/mol. The average Bonchev–Trinajstić information content (AvgIpc) is 2.54. The Bertz CT molecular complexity index is 751. The number of rotatable bonds is 6. The van der Waals surface area contributed by atoms with Crippen molar-refractivity contribution in [2.75, 3.05) is 18.5 Å². The second kappa shape index (κ2) is 8.31. The maximum Gasteiger partial charge on any atom is 0.344 e. The molecule has 1 N–H and O–H groups in total. The Balaban J connectivity index is 1.75. The molecule has 0 unspecified atom stereocenters. The Hall–Kier alpha value is -2.60. The van der Waals surface area contributed by atoms with Crippen molar-refractivity contribution in [3.63, 3.8) is 0 Å². The Morgan fingerprint density at radius 1 is 1.17 bits per heavy atom. The van der Waals surface area contributed by atoms with E-state index in [1.165, 1.54) is 18.2 Å². The molecule has 0 fully saturated rings. The van der Waals surface area contributed by atoms with Crippen LogP contribution in [0.1, 0.15) is 5.56 Å². The molecule has 5 nitrogen and oxygen atoms in total. The van der Waals surface area contributed by atoms with Crippen molar-refractivity contribution in [3.05, 3.63) is 58.9 Å². The van der Waals surface area contributed by atoms with Crippen molar-refractivity contribution < 1.29 is 23.5 Å². The molecule has 0 saturated heterocycles. The van der Waals surface area contributed by atoms with Crippen LogP contribution in [0.5, 0.6) is 5.75 Å². The first-order valence-corrected chi connectivity index (χ1v) is 7.42. The van der Waals surface area contributed by atoms with E-state index in [-0.39, 0.29) is 5.75 Å². The number of ether oxygens (including phenoxy) is 2. The maximum atomic E-state index is 13.0. The van der Waals surface area contributed by atoms with Gasteiger partial charge in [0.15, 0.2) is 13.2 Å². The number of benzene rings is 2. The minimum absolute atomic E-state index is 0.197. The number of nitrogens with one attached hydrogen (secondary N) is 1. The van der Waals surface area contributed by atoms with Crippen LogP contribution in [-0.2, 0) is 14.3 Å². The molecule has 0 bridgehead atoms. The lowest BCUT2D eigenvalue weighted by Crippen LogP contribution is -2.23. The fourth-order valence-electron chi connectivity index (χ4n) is 1.79. The van der Waals surface area contributed by atoms with Gasteiger partial charge in [0.2, 0.25) is 0 Å². The number of carbonyl (C=O) groups is 2. The molecule has 1 amide bonds. The number of halogens is 2. The van der Waals surface area contributed by atoms with Crippen molar-refractivity contribution >= 4 is 29.2 Å². The molecule has 2 aromatic rings. The summed E-state index contributed by atoms with van der Waals surface area (Å²) in [5.74, 6) is -1.55. The zero-order valence-electron chi connectivity index (χ0n) is 12.8. The molecule has 0 radical (unpaired) electrons. The summed E-state index contributed by atoms with van der Waals surface area (Å²) in [4.78, 5) is 23.3. The van der Waals surface area contributed by atoms with Crippen LogP contribution in [0.3, 0.4) is 0 Å². The molecule has 0 atom stereocenters. The predicted octanol–water partition coefficient (Wildman–Crippen LogP) is 3.35. The van der Waals surface area contributed by atoms with Crippen LogP contribution in [0, 0.1) is 12.7 Å². The summed E-state index contributed by atoms with van der Waals surface area (Å²) in [6.45, 7) is 0.968. The van der Waals surface area contributed by atoms with Crippen LogP contribution in [-0.4, -0.2) is 25.1 Å². The average molecular weight is 352 g/mol. The molecule has 7 heteroatoms.